The van der Waals surface area contributed by atoms with Crippen LogP contribution in [-0.2, 0) is 4.79 Å². The molecule has 0 unspecified atom stereocenters. The molecule has 8 nitrogen and oxygen atoms in total. The normalized spacial score (nSPS) is 19.6. The fraction of sp³-hybridized carbons (Fsp3) is 0.414. The van der Waals surface area contributed by atoms with Crippen molar-refractivity contribution in [1.82, 2.24) is 19.9 Å². The molecule has 1 amide bonds. The van der Waals surface area contributed by atoms with Crippen LogP contribution in [0.4, 0.5) is 5.82 Å². The van der Waals surface area contributed by atoms with Crippen LogP contribution in [0.15, 0.2) is 37.0 Å². The van der Waals surface area contributed by atoms with Gasteiger partial charge in [-0.1, -0.05) is 18.7 Å². The summed E-state index contributed by atoms with van der Waals surface area (Å²) in [4.78, 5) is 31.0. The number of carbonyl (C=O) groups excluding carboxylic acids is 1. The molecule has 1 saturated heterocycles. The van der Waals surface area contributed by atoms with Gasteiger partial charge in [0.2, 0.25) is 5.91 Å². The molecule has 188 valence electrons. The van der Waals surface area contributed by atoms with Crippen molar-refractivity contribution in [2.24, 2.45) is 5.92 Å². The number of nitrogens with zero attached hydrogens (tertiary/aromatic N) is 6. The van der Waals surface area contributed by atoms with Crippen LogP contribution >= 0.6 is 0 Å². The Balaban J connectivity index is 1.40. The zero-order valence-corrected chi connectivity index (χ0v) is 20.8. The van der Waals surface area contributed by atoms with Crippen LogP contribution in [0.25, 0.3) is 28.1 Å². The summed E-state index contributed by atoms with van der Waals surface area (Å²) < 4.78 is 0. The van der Waals surface area contributed by atoms with Gasteiger partial charge in [-0.2, -0.15) is 5.26 Å². The molecule has 1 atom stereocenters. The molecular weight excluding hydrogens is 464 g/mol. The average Bonchev–Trinajstić information content (AvgIpc) is 3.85. The van der Waals surface area contributed by atoms with Crippen molar-refractivity contribution in [3.63, 3.8) is 0 Å². The lowest BCUT2D eigenvalue weighted by Gasteiger charge is -2.42. The number of piperazine rings is 1. The fourth-order valence-corrected chi connectivity index (χ4v) is 5.56. The Bertz CT molecular complexity index is 1420. The lowest BCUT2D eigenvalue weighted by atomic mass is 9.96. The number of aliphatic hydroxyl groups is 1. The maximum atomic E-state index is 12.7. The van der Waals surface area contributed by atoms with Crippen LogP contribution in [0.3, 0.4) is 0 Å². The number of hydrogen-bond donors (Lipinski definition) is 1. The summed E-state index contributed by atoms with van der Waals surface area (Å²) in [7, 11) is 0. The Morgan fingerprint density at radius 1 is 1.19 bits per heavy atom. The number of benzene rings is 1. The van der Waals surface area contributed by atoms with Gasteiger partial charge >= 0.3 is 0 Å². The van der Waals surface area contributed by atoms with E-state index >= 15 is 0 Å². The SMILES string of the molecule is C=Cc1ncc2c(-c3cc(C#N)c(N4CCN(C(=O)CCO)[C@H](C5CC5)C4)nc3C3CC3)cccc2n1. The number of aliphatic hydroxyl groups excluding tert-OH is 1. The number of aromatic nitrogens is 3. The van der Waals surface area contributed by atoms with Gasteiger partial charge < -0.3 is 14.9 Å². The second-order valence-electron chi connectivity index (χ2n) is 10.3. The Labute approximate surface area is 216 Å². The van der Waals surface area contributed by atoms with Crippen LogP contribution in [0.5, 0.6) is 0 Å². The molecule has 37 heavy (non-hydrogen) atoms. The Morgan fingerprint density at radius 2 is 2.03 bits per heavy atom. The predicted octanol–water partition coefficient (Wildman–Crippen LogP) is 3.89. The zero-order valence-electron chi connectivity index (χ0n) is 20.8. The van der Waals surface area contributed by atoms with E-state index in [2.05, 4.69) is 33.6 Å². The van der Waals surface area contributed by atoms with E-state index in [-0.39, 0.29) is 25.0 Å². The van der Waals surface area contributed by atoms with Gasteiger partial charge in [-0.25, -0.2) is 15.0 Å². The van der Waals surface area contributed by atoms with Crippen LogP contribution in [0, 0.1) is 17.2 Å². The van der Waals surface area contributed by atoms with E-state index in [9.17, 15) is 15.2 Å². The number of anilines is 1. The standard InChI is InChI=1S/C29H30N6O2/c1-2-26-31-16-23-21(4-3-5-24(23)32-26)22-14-20(15-30)29(33-28(22)19-8-9-19)34-11-12-35(27(37)10-13-36)25(17-34)18-6-7-18/h2-5,14,16,18-19,25,36H,1,6-13,17H2/t25-/m0/s1. The highest BCUT2D eigenvalue weighted by Gasteiger charge is 2.41. The number of rotatable bonds is 7. The Morgan fingerprint density at radius 3 is 2.73 bits per heavy atom. The molecule has 1 N–H and O–H groups in total. The summed E-state index contributed by atoms with van der Waals surface area (Å²) in [6, 6.07) is 10.5. The van der Waals surface area contributed by atoms with Crippen LogP contribution in [0.1, 0.15) is 55.1 Å². The molecule has 6 rings (SSSR count). The van der Waals surface area contributed by atoms with Gasteiger partial charge in [0, 0.05) is 49.1 Å². The highest BCUT2D eigenvalue weighted by atomic mass is 16.3. The maximum Gasteiger partial charge on any atom is 0.225 e. The van der Waals surface area contributed by atoms with Crippen LogP contribution in [0.2, 0.25) is 0 Å². The van der Waals surface area contributed by atoms with Crippen molar-refractivity contribution in [2.75, 3.05) is 31.1 Å². The molecule has 0 bridgehead atoms. The monoisotopic (exact) mass is 494 g/mol. The Hall–Kier alpha value is -3.83. The second kappa shape index (κ2) is 9.56. The number of carbonyl (C=O) groups is 1. The van der Waals surface area contributed by atoms with Crippen molar-refractivity contribution in [3.8, 4) is 17.2 Å². The third-order valence-corrected chi connectivity index (χ3v) is 7.76. The van der Waals surface area contributed by atoms with Gasteiger partial charge in [0.05, 0.1) is 29.4 Å². The smallest absolute Gasteiger partial charge is 0.225 e. The van der Waals surface area contributed by atoms with Crippen molar-refractivity contribution in [2.45, 2.75) is 44.1 Å². The highest BCUT2D eigenvalue weighted by molar-refractivity contribution is 5.95. The summed E-state index contributed by atoms with van der Waals surface area (Å²) in [6.45, 7) is 5.52. The first-order chi connectivity index (χ1) is 18.1. The number of amides is 1. The number of fused-ring (bicyclic) bond motifs is 1. The Kier molecular flexibility index (Phi) is 6.09. The van der Waals surface area contributed by atoms with E-state index in [4.69, 9.17) is 4.98 Å². The molecule has 3 heterocycles. The van der Waals surface area contributed by atoms with Crippen LogP contribution < -0.4 is 4.90 Å². The highest BCUT2D eigenvalue weighted by Crippen LogP contribution is 2.46. The fourth-order valence-electron chi connectivity index (χ4n) is 5.56. The average molecular weight is 495 g/mol. The van der Waals surface area contributed by atoms with Gasteiger partial charge in [-0.15, -0.1) is 0 Å². The summed E-state index contributed by atoms with van der Waals surface area (Å²) in [5.41, 5.74) is 4.36. The zero-order chi connectivity index (χ0) is 25.5. The van der Waals surface area contributed by atoms with Crippen molar-refractivity contribution < 1.29 is 9.90 Å². The molecule has 3 fully saturated rings. The van der Waals surface area contributed by atoms with E-state index in [1.165, 1.54) is 0 Å². The molecule has 3 aliphatic rings. The summed E-state index contributed by atoms with van der Waals surface area (Å²) in [5.74, 6) is 2.17. The molecule has 1 aliphatic heterocycles. The lowest BCUT2D eigenvalue weighted by Crippen LogP contribution is -2.56. The minimum Gasteiger partial charge on any atom is -0.396 e. The van der Waals surface area contributed by atoms with Crippen molar-refractivity contribution in [1.29, 1.82) is 5.26 Å². The molecule has 2 aromatic heterocycles. The van der Waals surface area contributed by atoms with E-state index < -0.39 is 0 Å². The molecule has 0 spiro atoms. The van der Waals surface area contributed by atoms with Gasteiger partial charge in [0.1, 0.15) is 11.9 Å². The minimum atomic E-state index is -0.128. The lowest BCUT2D eigenvalue weighted by molar-refractivity contribution is -0.135. The molecule has 2 saturated carbocycles. The third kappa shape index (κ3) is 4.44. The van der Waals surface area contributed by atoms with Gasteiger partial charge in [0.25, 0.3) is 0 Å². The maximum absolute atomic E-state index is 12.7. The summed E-state index contributed by atoms with van der Waals surface area (Å²) in [6.07, 6.45) is 8.02. The van der Waals surface area contributed by atoms with E-state index in [0.717, 1.165) is 59.2 Å². The molecule has 1 aromatic carbocycles. The third-order valence-electron chi connectivity index (χ3n) is 7.76. The quantitative estimate of drug-likeness (QED) is 0.531. The largest absolute Gasteiger partial charge is 0.396 e. The van der Waals surface area contributed by atoms with Gasteiger partial charge in [-0.05, 0) is 55.4 Å². The first kappa shape index (κ1) is 23.6. The van der Waals surface area contributed by atoms with E-state index in [0.29, 0.717) is 42.9 Å². The topological polar surface area (TPSA) is 106 Å². The van der Waals surface area contributed by atoms with Gasteiger partial charge in [0.15, 0.2) is 5.82 Å². The molecule has 8 heteroatoms. The predicted molar refractivity (Wildman–Crippen MR) is 142 cm³/mol. The second-order valence-corrected chi connectivity index (χ2v) is 10.3. The van der Waals surface area contributed by atoms with Crippen molar-refractivity contribution >= 4 is 28.7 Å². The van der Waals surface area contributed by atoms with E-state index in [1.807, 2.05) is 29.3 Å². The molecular formula is C29H30N6O2. The number of pyridine rings is 1. The first-order valence-electron chi connectivity index (χ1n) is 13.1. The number of hydrogen-bond acceptors (Lipinski definition) is 7. The van der Waals surface area contributed by atoms with Crippen molar-refractivity contribution in [3.05, 3.63) is 54.1 Å². The summed E-state index contributed by atoms with van der Waals surface area (Å²) in [5, 5.41) is 20.4. The van der Waals surface area contributed by atoms with Crippen LogP contribution in [-0.4, -0.2) is 63.1 Å². The van der Waals surface area contributed by atoms with E-state index in [1.54, 1.807) is 6.08 Å². The van der Waals surface area contributed by atoms with Gasteiger partial charge in [-0.3, -0.25) is 4.79 Å². The molecule has 2 aliphatic carbocycles. The summed E-state index contributed by atoms with van der Waals surface area (Å²) >= 11 is 0. The minimum absolute atomic E-state index is 0.0133. The molecule has 3 aromatic rings. The first-order valence-corrected chi connectivity index (χ1v) is 13.1. The molecule has 0 radical (unpaired) electrons. The number of nitriles is 1.